The van der Waals surface area contributed by atoms with Gasteiger partial charge in [0.05, 0.1) is 11.2 Å². The van der Waals surface area contributed by atoms with Gasteiger partial charge < -0.3 is 14.2 Å². The third-order valence-corrected chi connectivity index (χ3v) is 4.94. The Morgan fingerprint density at radius 2 is 1.95 bits per heavy atom. The summed E-state index contributed by atoms with van der Waals surface area (Å²) in [6.07, 6.45) is 1.09. The molecule has 5 rings (SSSR count). The fourth-order valence-electron chi connectivity index (χ4n) is 3.90. The summed E-state index contributed by atoms with van der Waals surface area (Å²) in [4.78, 5) is 2.40. The second-order valence-corrected chi connectivity index (χ2v) is 6.32. The van der Waals surface area contributed by atoms with E-state index in [2.05, 4.69) is 59.0 Å². The number of likely N-dealkylation sites (N-methyl/N-ethyl adjacent to an activating group) is 1. The topological polar surface area (TPSA) is 17.4 Å². The van der Waals surface area contributed by atoms with Crippen molar-refractivity contribution in [3.63, 3.8) is 0 Å². The molecule has 3 nitrogen and oxygen atoms in total. The number of para-hydroxylation sites is 2. The van der Waals surface area contributed by atoms with Crippen LogP contribution in [0.5, 0.6) is 5.75 Å². The molecule has 110 valence electrons. The predicted molar refractivity (Wildman–Crippen MR) is 87.6 cm³/mol. The summed E-state index contributed by atoms with van der Waals surface area (Å²) in [6.45, 7) is 2.78. The highest BCUT2D eigenvalue weighted by atomic mass is 16.5. The van der Waals surface area contributed by atoms with Crippen LogP contribution in [0.1, 0.15) is 16.8 Å². The molecule has 0 N–H and O–H groups in total. The van der Waals surface area contributed by atoms with Crippen LogP contribution in [-0.2, 0) is 19.6 Å². The van der Waals surface area contributed by atoms with E-state index in [4.69, 9.17) is 4.74 Å². The van der Waals surface area contributed by atoms with Gasteiger partial charge >= 0.3 is 0 Å². The highest BCUT2D eigenvalue weighted by Crippen LogP contribution is 2.40. The molecule has 0 radical (unpaired) electrons. The molecule has 2 aromatic carbocycles. The monoisotopic (exact) mass is 290 g/mol. The molecule has 0 spiro atoms. The minimum atomic E-state index is 0.644. The normalized spacial score (nSPS) is 16.8. The lowest BCUT2D eigenvalue weighted by Gasteiger charge is -2.24. The molecule has 0 atom stereocenters. The summed E-state index contributed by atoms with van der Waals surface area (Å²) in [5.41, 5.74) is 6.71. The maximum Gasteiger partial charge on any atom is 0.144 e. The van der Waals surface area contributed by atoms with Gasteiger partial charge in [-0.1, -0.05) is 30.3 Å². The fourth-order valence-corrected chi connectivity index (χ4v) is 3.90. The number of hydrogen-bond donors (Lipinski definition) is 0. The van der Waals surface area contributed by atoms with Gasteiger partial charge in [-0.05, 0) is 24.7 Å². The summed E-state index contributed by atoms with van der Waals surface area (Å²) in [5, 5.41) is 1.34. The maximum atomic E-state index is 6.12. The van der Waals surface area contributed by atoms with E-state index in [1.165, 1.54) is 33.4 Å². The highest BCUT2D eigenvalue weighted by Gasteiger charge is 2.27. The molecule has 0 fully saturated rings. The van der Waals surface area contributed by atoms with E-state index in [9.17, 15) is 0 Å². The van der Waals surface area contributed by atoms with Crippen molar-refractivity contribution in [2.45, 2.75) is 19.6 Å². The molecule has 3 aromatic rings. The molecule has 0 saturated carbocycles. The van der Waals surface area contributed by atoms with Crippen LogP contribution in [0, 0.1) is 0 Å². The van der Waals surface area contributed by atoms with E-state index < -0.39 is 0 Å². The molecule has 1 aromatic heterocycles. The molecular weight excluding hydrogens is 272 g/mol. The van der Waals surface area contributed by atoms with E-state index in [1.54, 1.807) is 0 Å². The lowest BCUT2D eigenvalue weighted by atomic mass is 10.0. The molecule has 0 unspecified atom stereocenters. The summed E-state index contributed by atoms with van der Waals surface area (Å²) in [6, 6.07) is 15.1. The van der Waals surface area contributed by atoms with Gasteiger partial charge in [0.2, 0.25) is 0 Å². The number of benzene rings is 2. The number of hydrogen-bond acceptors (Lipinski definition) is 2. The first-order chi connectivity index (χ1) is 10.8. The minimum absolute atomic E-state index is 0.644. The van der Waals surface area contributed by atoms with Crippen LogP contribution < -0.4 is 4.74 Å². The van der Waals surface area contributed by atoms with Crippen molar-refractivity contribution >= 4 is 10.9 Å². The standard InChI is InChI=1S/C19H18N2O/c1-20-10-9-17-15(11-20)14-6-4-8-18-19(14)21(17)16-7-3-2-5-13(16)12-22-18/h2-8H,9-12H2,1H3. The van der Waals surface area contributed by atoms with E-state index in [-0.39, 0.29) is 0 Å². The lowest BCUT2D eigenvalue weighted by molar-refractivity contribution is 0.310. The SMILES string of the molecule is CN1CCc2c(c3cccc4c3n2-c2ccccc2CO4)C1. The quantitative estimate of drug-likeness (QED) is 0.630. The lowest BCUT2D eigenvalue weighted by Crippen LogP contribution is -2.27. The molecular formula is C19H18N2O. The second kappa shape index (κ2) is 4.37. The number of ether oxygens (including phenoxy) is 1. The van der Waals surface area contributed by atoms with Crippen molar-refractivity contribution < 1.29 is 4.74 Å². The Morgan fingerprint density at radius 3 is 2.91 bits per heavy atom. The molecule has 0 amide bonds. The van der Waals surface area contributed by atoms with Gasteiger partial charge in [-0.2, -0.15) is 0 Å². The van der Waals surface area contributed by atoms with Gasteiger partial charge in [0.15, 0.2) is 0 Å². The zero-order valence-electron chi connectivity index (χ0n) is 12.7. The van der Waals surface area contributed by atoms with Crippen LogP contribution in [-0.4, -0.2) is 23.1 Å². The number of rotatable bonds is 0. The molecule has 22 heavy (non-hydrogen) atoms. The fraction of sp³-hybridized carbons (Fsp3) is 0.263. The number of fused-ring (bicyclic) bond motifs is 5. The first-order valence-corrected chi connectivity index (χ1v) is 7.88. The zero-order valence-corrected chi connectivity index (χ0v) is 12.7. The summed E-state index contributed by atoms with van der Waals surface area (Å²) >= 11 is 0. The first-order valence-electron chi connectivity index (χ1n) is 7.88. The van der Waals surface area contributed by atoms with Crippen LogP contribution >= 0.6 is 0 Å². The van der Waals surface area contributed by atoms with Crippen molar-refractivity contribution in [2.24, 2.45) is 0 Å². The number of aromatic nitrogens is 1. The molecule has 3 heteroatoms. The van der Waals surface area contributed by atoms with Crippen LogP contribution in [0.4, 0.5) is 0 Å². The predicted octanol–water partition coefficient (Wildman–Crippen LogP) is 3.51. The molecule has 0 saturated heterocycles. The van der Waals surface area contributed by atoms with Gasteiger partial charge in [-0.25, -0.2) is 0 Å². The van der Waals surface area contributed by atoms with Gasteiger partial charge in [0.1, 0.15) is 12.4 Å². The van der Waals surface area contributed by atoms with Crippen molar-refractivity contribution in [2.75, 3.05) is 13.6 Å². The Balaban J connectivity index is 1.94. The third-order valence-electron chi connectivity index (χ3n) is 4.94. The molecule has 3 heterocycles. The third kappa shape index (κ3) is 1.54. The summed E-state index contributed by atoms with van der Waals surface area (Å²) in [7, 11) is 2.20. The van der Waals surface area contributed by atoms with E-state index in [0.717, 1.165) is 25.3 Å². The largest absolute Gasteiger partial charge is 0.487 e. The van der Waals surface area contributed by atoms with Crippen molar-refractivity contribution in [3.8, 4) is 11.4 Å². The van der Waals surface area contributed by atoms with Gasteiger partial charge in [-0.3, -0.25) is 0 Å². The Hall–Kier alpha value is -2.26. The van der Waals surface area contributed by atoms with E-state index in [0.29, 0.717) is 6.61 Å². The average molecular weight is 290 g/mol. The molecule has 2 aliphatic heterocycles. The Morgan fingerprint density at radius 1 is 1.05 bits per heavy atom. The molecule has 0 bridgehead atoms. The van der Waals surface area contributed by atoms with Crippen LogP contribution in [0.15, 0.2) is 42.5 Å². The van der Waals surface area contributed by atoms with Crippen molar-refractivity contribution in [3.05, 3.63) is 59.3 Å². The minimum Gasteiger partial charge on any atom is -0.487 e. The summed E-state index contributed by atoms with van der Waals surface area (Å²) < 4.78 is 8.57. The zero-order chi connectivity index (χ0) is 14.7. The maximum absolute atomic E-state index is 6.12. The van der Waals surface area contributed by atoms with Gasteiger partial charge in [0, 0.05) is 36.2 Å². The highest BCUT2D eigenvalue weighted by molar-refractivity contribution is 5.92. The smallest absolute Gasteiger partial charge is 0.144 e. The number of nitrogens with zero attached hydrogens (tertiary/aromatic N) is 2. The molecule has 0 aliphatic carbocycles. The van der Waals surface area contributed by atoms with Crippen LogP contribution in [0.25, 0.3) is 16.6 Å². The van der Waals surface area contributed by atoms with Gasteiger partial charge in [0.25, 0.3) is 0 Å². The molecule has 2 aliphatic rings. The van der Waals surface area contributed by atoms with Crippen LogP contribution in [0.2, 0.25) is 0 Å². The first kappa shape index (κ1) is 12.3. The van der Waals surface area contributed by atoms with Crippen molar-refractivity contribution in [1.82, 2.24) is 9.47 Å². The Bertz CT molecular complexity index is 894. The van der Waals surface area contributed by atoms with Gasteiger partial charge in [-0.15, -0.1) is 0 Å². The van der Waals surface area contributed by atoms with Crippen molar-refractivity contribution in [1.29, 1.82) is 0 Å². The summed E-state index contributed by atoms with van der Waals surface area (Å²) in [5.74, 6) is 1.01. The van der Waals surface area contributed by atoms with Crippen LogP contribution in [0.3, 0.4) is 0 Å². The Kier molecular flexibility index (Phi) is 2.44. The Labute approximate surface area is 129 Å². The second-order valence-electron chi connectivity index (χ2n) is 6.32. The van der Waals surface area contributed by atoms with E-state index in [1.807, 2.05) is 0 Å². The average Bonchev–Trinajstić information content (AvgIpc) is 2.77. The van der Waals surface area contributed by atoms with E-state index >= 15 is 0 Å².